The highest BCUT2D eigenvalue weighted by Gasteiger charge is 2.71. The Hall–Kier alpha value is -1.35. The summed E-state index contributed by atoms with van der Waals surface area (Å²) in [6.45, 7) is 19.6. The number of Topliss-reactive ketones (excluding diaryl/α,β-unsaturated/α-hetero) is 1. The van der Waals surface area contributed by atoms with Crippen LogP contribution in [0.1, 0.15) is 86.0 Å². The third-order valence-electron chi connectivity index (χ3n) is 11.4. The van der Waals surface area contributed by atoms with Gasteiger partial charge in [0, 0.05) is 29.2 Å². The highest BCUT2D eigenvalue weighted by Crippen LogP contribution is 2.65. The fourth-order valence-corrected chi connectivity index (χ4v) is 8.97. The van der Waals surface area contributed by atoms with Crippen LogP contribution >= 0.6 is 0 Å². The third-order valence-corrected chi connectivity index (χ3v) is 15.9. The maximum atomic E-state index is 13.9. The fraction of sp³-hybridized carbons (Fsp3) is 0.719. The molecule has 5 rings (SSSR count). The van der Waals surface area contributed by atoms with Crippen LogP contribution in [0.5, 0.6) is 0 Å². The monoisotopic (exact) mass is 556 g/mol. The summed E-state index contributed by atoms with van der Waals surface area (Å²) >= 11 is 0. The molecule has 1 aromatic carbocycles. The van der Waals surface area contributed by atoms with E-state index in [0.29, 0.717) is 19.3 Å². The maximum Gasteiger partial charge on any atom is 0.192 e. The standard InChI is InChI=1S/C32H48O6Si/c1-19-21-17-25(35)31(7)24(34)16-15-22(33)26(31)27-32(30(21,5)6,18-23(19)38-39(8,9)29(2,3)4)37-28(36-27)20-13-11-10-12-14-20/h10-14,23-28,34-35H,15-18H2,1-9H3/t23-,24-,25-,26-,27-,28-,31-,32+/m0/s1. The Morgan fingerprint density at radius 1 is 1.05 bits per heavy atom. The Morgan fingerprint density at radius 3 is 2.31 bits per heavy atom. The number of hydrogen-bond acceptors (Lipinski definition) is 6. The molecule has 2 N–H and O–H groups in total. The van der Waals surface area contributed by atoms with Crippen molar-refractivity contribution >= 4 is 14.1 Å². The van der Waals surface area contributed by atoms with Gasteiger partial charge in [-0.25, -0.2) is 0 Å². The van der Waals surface area contributed by atoms with E-state index in [0.717, 1.165) is 16.7 Å². The summed E-state index contributed by atoms with van der Waals surface area (Å²) in [7, 11) is -2.18. The van der Waals surface area contributed by atoms with Gasteiger partial charge in [-0.1, -0.05) is 77.4 Å². The SMILES string of the molecule is CC1=C2C[C@H](O)[C@]3(C)[C@@H](O)CCC(=O)[C@H]3[C@@H]3O[C@H](c4ccccc4)O[C@@]3(C[C@@H]1O[Si](C)(C)C(C)(C)C)C2(C)C. The van der Waals surface area contributed by atoms with Gasteiger partial charge in [0.2, 0.25) is 0 Å². The van der Waals surface area contributed by atoms with E-state index < -0.39 is 55.3 Å². The van der Waals surface area contributed by atoms with Crippen molar-refractivity contribution in [2.24, 2.45) is 16.7 Å². The summed E-state index contributed by atoms with van der Waals surface area (Å²) in [5.74, 6) is -0.659. The van der Waals surface area contributed by atoms with Gasteiger partial charge in [0.1, 0.15) is 17.5 Å². The summed E-state index contributed by atoms with van der Waals surface area (Å²) in [4.78, 5) is 13.9. The second-order valence-corrected chi connectivity index (χ2v) is 19.5. The lowest BCUT2D eigenvalue weighted by atomic mass is 9.48. The largest absolute Gasteiger partial charge is 0.410 e. The van der Waals surface area contributed by atoms with Crippen LogP contribution in [-0.2, 0) is 18.7 Å². The number of aliphatic hydroxyl groups excluding tert-OH is 2. The first-order chi connectivity index (χ1) is 18.0. The Balaban J connectivity index is 1.73. The van der Waals surface area contributed by atoms with Gasteiger partial charge in [-0.05, 0) is 43.5 Å². The Morgan fingerprint density at radius 2 is 1.69 bits per heavy atom. The predicted octanol–water partition coefficient (Wildman–Crippen LogP) is 6.09. The second-order valence-electron chi connectivity index (χ2n) is 14.7. The maximum absolute atomic E-state index is 13.9. The van der Waals surface area contributed by atoms with Crippen LogP contribution in [0.3, 0.4) is 0 Å². The zero-order valence-corrected chi connectivity index (χ0v) is 26.2. The van der Waals surface area contributed by atoms with Crippen molar-refractivity contribution in [1.82, 2.24) is 0 Å². The first-order valence-electron chi connectivity index (χ1n) is 14.6. The molecule has 4 aliphatic rings. The molecule has 1 spiro atoms. The highest BCUT2D eigenvalue weighted by molar-refractivity contribution is 6.74. The lowest BCUT2D eigenvalue weighted by Gasteiger charge is -2.60. The van der Waals surface area contributed by atoms with Crippen molar-refractivity contribution in [3.8, 4) is 0 Å². The minimum atomic E-state index is -2.18. The number of ketones is 1. The minimum absolute atomic E-state index is 0.0190. The van der Waals surface area contributed by atoms with Crippen LogP contribution in [-0.4, -0.2) is 54.3 Å². The van der Waals surface area contributed by atoms with E-state index in [9.17, 15) is 15.0 Å². The lowest BCUT2D eigenvalue weighted by molar-refractivity contribution is -0.194. The normalized spacial score (nSPS) is 40.5. The van der Waals surface area contributed by atoms with E-state index >= 15 is 0 Å². The van der Waals surface area contributed by atoms with Gasteiger partial charge in [-0.15, -0.1) is 0 Å². The lowest BCUT2D eigenvalue weighted by Crippen LogP contribution is -2.69. The summed E-state index contributed by atoms with van der Waals surface area (Å²) in [5, 5.41) is 23.3. The van der Waals surface area contributed by atoms with Crippen molar-refractivity contribution in [2.75, 3.05) is 0 Å². The zero-order chi connectivity index (χ0) is 28.8. The van der Waals surface area contributed by atoms with Gasteiger partial charge in [0.25, 0.3) is 0 Å². The van der Waals surface area contributed by atoms with E-state index in [-0.39, 0.29) is 23.3 Å². The van der Waals surface area contributed by atoms with Crippen molar-refractivity contribution in [1.29, 1.82) is 0 Å². The predicted molar refractivity (Wildman–Crippen MR) is 154 cm³/mol. The molecule has 0 aromatic heterocycles. The summed E-state index contributed by atoms with van der Waals surface area (Å²) in [5.41, 5.74) is 0.665. The number of carbonyl (C=O) groups is 1. The Kier molecular flexibility index (Phi) is 6.97. The molecule has 7 heteroatoms. The molecule has 0 amide bonds. The molecule has 0 radical (unpaired) electrons. The molecule has 0 unspecified atom stereocenters. The number of fused-ring (bicyclic) bond motifs is 3. The third kappa shape index (κ3) is 4.18. The zero-order valence-electron chi connectivity index (χ0n) is 25.2. The molecule has 1 saturated heterocycles. The molecular formula is C32H48O6Si. The quantitative estimate of drug-likeness (QED) is 0.346. The van der Waals surface area contributed by atoms with Crippen molar-refractivity contribution in [3.05, 3.63) is 47.0 Å². The van der Waals surface area contributed by atoms with Crippen LogP contribution < -0.4 is 0 Å². The van der Waals surface area contributed by atoms with Gasteiger partial charge in [-0.3, -0.25) is 4.79 Å². The Labute approximate surface area is 235 Å². The van der Waals surface area contributed by atoms with E-state index in [1.165, 1.54) is 0 Å². The molecule has 1 heterocycles. The summed E-state index contributed by atoms with van der Waals surface area (Å²) in [6.07, 6.45) is -1.69. The number of rotatable bonds is 3. The molecule has 1 aromatic rings. The number of hydrogen-bond donors (Lipinski definition) is 2. The van der Waals surface area contributed by atoms with E-state index in [4.69, 9.17) is 13.9 Å². The number of aliphatic hydroxyl groups is 2. The van der Waals surface area contributed by atoms with Crippen molar-refractivity contribution in [2.45, 2.75) is 129 Å². The van der Waals surface area contributed by atoms with Gasteiger partial charge in [0.15, 0.2) is 14.6 Å². The van der Waals surface area contributed by atoms with Gasteiger partial charge < -0.3 is 24.1 Å². The molecule has 1 aliphatic heterocycles. The van der Waals surface area contributed by atoms with Gasteiger partial charge in [0.05, 0.1) is 24.2 Å². The van der Waals surface area contributed by atoms with Crippen LogP contribution in [0.4, 0.5) is 0 Å². The van der Waals surface area contributed by atoms with E-state index in [1.54, 1.807) is 0 Å². The molecule has 3 fully saturated rings. The van der Waals surface area contributed by atoms with E-state index in [1.807, 2.05) is 37.3 Å². The topological polar surface area (TPSA) is 85.2 Å². The number of benzene rings is 1. The Bertz CT molecular complexity index is 1150. The highest BCUT2D eigenvalue weighted by atomic mass is 28.4. The molecular weight excluding hydrogens is 508 g/mol. The molecule has 3 aliphatic carbocycles. The summed E-state index contributed by atoms with van der Waals surface area (Å²) in [6, 6.07) is 9.88. The first kappa shape index (κ1) is 29.1. The molecule has 8 atom stereocenters. The van der Waals surface area contributed by atoms with Crippen LogP contribution in [0, 0.1) is 16.7 Å². The van der Waals surface area contributed by atoms with Crippen molar-refractivity contribution in [3.63, 3.8) is 0 Å². The number of ether oxygens (including phenoxy) is 2. The molecule has 39 heavy (non-hydrogen) atoms. The summed E-state index contributed by atoms with van der Waals surface area (Å²) < 4.78 is 21.1. The van der Waals surface area contributed by atoms with Gasteiger partial charge in [-0.2, -0.15) is 0 Å². The first-order valence-corrected chi connectivity index (χ1v) is 17.5. The molecule has 2 bridgehead atoms. The minimum Gasteiger partial charge on any atom is -0.410 e. The van der Waals surface area contributed by atoms with Crippen molar-refractivity contribution < 1.29 is 28.9 Å². The van der Waals surface area contributed by atoms with Crippen LogP contribution in [0.15, 0.2) is 41.5 Å². The average Bonchev–Trinajstić information content (AvgIpc) is 3.22. The number of carbonyl (C=O) groups excluding carboxylic acids is 1. The van der Waals surface area contributed by atoms with Crippen LogP contribution in [0.2, 0.25) is 18.1 Å². The second kappa shape index (κ2) is 9.33. The smallest absolute Gasteiger partial charge is 0.192 e. The fourth-order valence-electron chi connectivity index (χ4n) is 7.64. The molecule has 6 nitrogen and oxygen atoms in total. The van der Waals surface area contributed by atoms with Crippen LogP contribution in [0.25, 0.3) is 0 Å². The molecule has 216 valence electrons. The average molecular weight is 557 g/mol. The van der Waals surface area contributed by atoms with E-state index in [2.05, 4.69) is 54.6 Å². The molecule has 2 saturated carbocycles. The van der Waals surface area contributed by atoms with Gasteiger partial charge >= 0.3 is 0 Å².